The molecule has 5 nitrogen and oxygen atoms in total. The number of para-hydroxylation sites is 1. The van der Waals surface area contributed by atoms with E-state index in [9.17, 15) is 9.59 Å². The van der Waals surface area contributed by atoms with Gasteiger partial charge in [-0.25, -0.2) is 0 Å². The summed E-state index contributed by atoms with van der Waals surface area (Å²) in [7, 11) is 0. The third-order valence-corrected chi connectivity index (χ3v) is 4.63. The number of nitrogens with two attached hydrogens (primary N) is 1. The topological polar surface area (TPSA) is 79.2 Å². The molecule has 0 spiro atoms. The zero-order valence-corrected chi connectivity index (χ0v) is 13.0. The Morgan fingerprint density at radius 3 is 2.75 bits per heavy atom. The number of nitrogens with zero attached hydrogens (tertiary/aromatic N) is 1. The Kier molecular flexibility index (Phi) is 3.34. The maximum absolute atomic E-state index is 13.1. The summed E-state index contributed by atoms with van der Waals surface area (Å²) in [6, 6.07) is 14.4. The molecule has 0 radical (unpaired) electrons. The molecule has 24 heavy (non-hydrogen) atoms. The molecule has 3 N–H and O–H groups in total. The van der Waals surface area contributed by atoms with E-state index in [2.05, 4.69) is 4.98 Å². The molecule has 1 unspecified atom stereocenters. The average Bonchev–Trinajstić information content (AvgIpc) is 3.08. The number of aromatic amines is 1. The molecule has 4 rings (SSSR count). The molecule has 2 amide bonds. The van der Waals surface area contributed by atoms with Crippen LogP contribution < -0.4 is 5.73 Å². The van der Waals surface area contributed by atoms with Gasteiger partial charge in [0.1, 0.15) is 6.04 Å². The number of carbonyl (C=O) groups excluding carboxylic acids is 2. The fourth-order valence-electron chi connectivity index (χ4n) is 3.51. The van der Waals surface area contributed by atoms with E-state index in [0.717, 1.165) is 22.0 Å². The van der Waals surface area contributed by atoms with Crippen LogP contribution in [0.2, 0.25) is 0 Å². The van der Waals surface area contributed by atoms with Gasteiger partial charge in [-0.15, -0.1) is 0 Å². The summed E-state index contributed by atoms with van der Waals surface area (Å²) in [6.07, 6.45) is 2.52. The number of H-pyrrole nitrogens is 1. The normalized spacial score (nSPS) is 16.8. The van der Waals surface area contributed by atoms with E-state index in [1.54, 1.807) is 17.2 Å². The van der Waals surface area contributed by atoms with Crippen LogP contribution in [0.3, 0.4) is 0 Å². The van der Waals surface area contributed by atoms with Crippen molar-refractivity contribution in [3.63, 3.8) is 0 Å². The van der Waals surface area contributed by atoms with E-state index < -0.39 is 11.9 Å². The van der Waals surface area contributed by atoms with Crippen molar-refractivity contribution in [3.05, 3.63) is 71.4 Å². The van der Waals surface area contributed by atoms with Gasteiger partial charge in [-0.05, 0) is 29.7 Å². The summed E-state index contributed by atoms with van der Waals surface area (Å²) in [6.45, 7) is 0.473. The first-order valence-corrected chi connectivity index (χ1v) is 7.91. The highest BCUT2D eigenvalue weighted by Crippen LogP contribution is 2.31. The van der Waals surface area contributed by atoms with Crippen LogP contribution in [0.4, 0.5) is 0 Å². The van der Waals surface area contributed by atoms with Gasteiger partial charge in [-0.2, -0.15) is 0 Å². The van der Waals surface area contributed by atoms with Crippen molar-refractivity contribution < 1.29 is 9.59 Å². The quantitative estimate of drug-likeness (QED) is 0.760. The lowest BCUT2D eigenvalue weighted by molar-refractivity contribution is -0.123. The van der Waals surface area contributed by atoms with Gasteiger partial charge >= 0.3 is 0 Å². The number of nitrogens with one attached hydrogen (secondary N) is 1. The van der Waals surface area contributed by atoms with Crippen LogP contribution in [0.25, 0.3) is 10.9 Å². The van der Waals surface area contributed by atoms with Crippen molar-refractivity contribution in [2.75, 3.05) is 6.54 Å². The molecule has 2 heterocycles. The highest BCUT2D eigenvalue weighted by molar-refractivity contribution is 6.07. The minimum absolute atomic E-state index is 0.179. The molecule has 0 fully saturated rings. The molecule has 120 valence electrons. The zero-order chi connectivity index (χ0) is 16.7. The molecule has 5 heteroatoms. The monoisotopic (exact) mass is 319 g/mol. The minimum Gasteiger partial charge on any atom is -0.368 e. The van der Waals surface area contributed by atoms with E-state index >= 15 is 0 Å². The second-order valence-corrected chi connectivity index (χ2v) is 6.00. The van der Waals surface area contributed by atoms with E-state index in [4.69, 9.17) is 5.73 Å². The fraction of sp³-hybridized carbons (Fsp3) is 0.158. The van der Waals surface area contributed by atoms with Crippen LogP contribution in [0.5, 0.6) is 0 Å². The molecule has 1 aliphatic heterocycles. The fourth-order valence-corrected chi connectivity index (χ4v) is 3.51. The Labute approximate surface area is 139 Å². The zero-order valence-electron chi connectivity index (χ0n) is 13.0. The predicted molar refractivity (Wildman–Crippen MR) is 91.4 cm³/mol. The third-order valence-electron chi connectivity index (χ3n) is 4.63. The third kappa shape index (κ3) is 2.17. The van der Waals surface area contributed by atoms with Gasteiger partial charge < -0.3 is 15.6 Å². The van der Waals surface area contributed by atoms with Crippen LogP contribution in [0, 0.1) is 0 Å². The number of fused-ring (bicyclic) bond motifs is 2. The number of aromatic nitrogens is 1. The van der Waals surface area contributed by atoms with Crippen LogP contribution in [-0.2, 0) is 11.2 Å². The number of amides is 2. The van der Waals surface area contributed by atoms with E-state index in [1.807, 2.05) is 42.5 Å². The van der Waals surface area contributed by atoms with Gasteiger partial charge in [-0.1, -0.05) is 36.4 Å². The molecule has 3 aromatic rings. The highest BCUT2D eigenvalue weighted by Gasteiger charge is 2.35. The number of carbonyl (C=O) groups is 2. The van der Waals surface area contributed by atoms with Crippen molar-refractivity contribution in [2.24, 2.45) is 5.73 Å². The SMILES string of the molecule is NC(=O)C1c2ccccc2CCN1C(=O)c1cccc2cc[nH]c12. The Hall–Kier alpha value is -3.08. The Balaban J connectivity index is 1.79. The number of hydrogen-bond donors (Lipinski definition) is 2. The van der Waals surface area contributed by atoms with Gasteiger partial charge in [0.2, 0.25) is 5.91 Å². The summed E-state index contributed by atoms with van der Waals surface area (Å²) in [5.74, 6) is -0.685. The molecule has 1 aliphatic rings. The van der Waals surface area contributed by atoms with Gasteiger partial charge in [0, 0.05) is 18.1 Å². The highest BCUT2D eigenvalue weighted by atomic mass is 16.2. The second-order valence-electron chi connectivity index (χ2n) is 6.00. The largest absolute Gasteiger partial charge is 0.368 e. The van der Waals surface area contributed by atoms with Crippen molar-refractivity contribution in [1.82, 2.24) is 9.88 Å². The first-order valence-electron chi connectivity index (χ1n) is 7.91. The summed E-state index contributed by atoms with van der Waals surface area (Å²) in [4.78, 5) is 29.9. The maximum atomic E-state index is 13.1. The first kappa shape index (κ1) is 14.5. The Bertz CT molecular complexity index is 944. The summed E-state index contributed by atoms with van der Waals surface area (Å²) in [5, 5.41) is 0.967. The number of primary amides is 1. The summed E-state index contributed by atoms with van der Waals surface area (Å²) in [5.41, 5.74) is 8.88. The minimum atomic E-state index is -0.729. The van der Waals surface area contributed by atoms with E-state index in [0.29, 0.717) is 18.5 Å². The average molecular weight is 319 g/mol. The summed E-state index contributed by atoms with van der Waals surface area (Å²) < 4.78 is 0. The smallest absolute Gasteiger partial charge is 0.256 e. The van der Waals surface area contributed by atoms with Crippen LogP contribution >= 0.6 is 0 Å². The predicted octanol–water partition coefficient (Wildman–Crippen LogP) is 2.39. The lowest BCUT2D eigenvalue weighted by atomic mass is 9.91. The summed E-state index contributed by atoms with van der Waals surface area (Å²) >= 11 is 0. The van der Waals surface area contributed by atoms with Crippen molar-refractivity contribution in [2.45, 2.75) is 12.5 Å². The van der Waals surface area contributed by atoms with Crippen LogP contribution in [0.1, 0.15) is 27.5 Å². The molecule has 1 aromatic heterocycles. The maximum Gasteiger partial charge on any atom is 0.256 e. The van der Waals surface area contributed by atoms with Crippen molar-refractivity contribution >= 4 is 22.7 Å². The molecular formula is C19H17N3O2. The molecular weight excluding hydrogens is 302 g/mol. The number of benzene rings is 2. The van der Waals surface area contributed by atoms with Gasteiger partial charge in [0.15, 0.2) is 0 Å². The lowest BCUT2D eigenvalue weighted by Gasteiger charge is -2.35. The first-order chi connectivity index (χ1) is 11.7. The molecule has 1 atom stereocenters. The standard InChI is InChI=1S/C19H17N3O2/c20-18(23)17-14-6-2-1-4-12(14)9-11-22(17)19(24)15-7-3-5-13-8-10-21-16(13)15/h1-8,10,17,21H,9,11H2,(H2,20,23). The number of hydrogen-bond acceptors (Lipinski definition) is 2. The molecule has 0 saturated carbocycles. The Morgan fingerprint density at radius 1 is 1.08 bits per heavy atom. The van der Waals surface area contributed by atoms with Gasteiger partial charge in [0.05, 0.1) is 11.1 Å². The number of rotatable bonds is 2. The van der Waals surface area contributed by atoms with Crippen molar-refractivity contribution in [3.8, 4) is 0 Å². The second kappa shape index (κ2) is 5.53. The lowest BCUT2D eigenvalue weighted by Crippen LogP contribution is -2.45. The van der Waals surface area contributed by atoms with E-state index in [1.165, 1.54) is 0 Å². The Morgan fingerprint density at radius 2 is 1.92 bits per heavy atom. The van der Waals surface area contributed by atoms with Crippen molar-refractivity contribution in [1.29, 1.82) is 0 Å². The van der Waals surface area contributed by atoms with Crippen LogP contribution in [-0.4, -0.2) is 28.2 Å². The van der Waals surface area contributed by atoms with Crippen LogP contribution in [0.15, 0.2) is 54.7 Å². The molecule has 0 bridgehead atoms. The van der Waals surface area contributed by atoms with Gasteiger partial charge in [0.25, 0.3) is 5.91 Å². The molecule has 0 saturated heterocycles. The van der Waals surface area contributed by atoms with Gasteiger partial charge in [-0.3, -0.25) is 9.59 Å². The molecule has 0 aliphatic carbocycles. The van der Waals surface area contributed by atoms with E-state index in [-0.39, 0.29) is 5.91 Å². The molecule has 2 aromatic carbocycles.